The van der Waals surface area contributed by atoms with Gasteiger partial charge >= 0.3 is 51.4 Å². The molecule has 0 aliphatic heterocycles. The third-order valence-corrected chi connectivity index (χ3v) is 2.44. The van der Waals surface area contributed by atoms with E-state index in [-0.39, 0.29) is 56.3 Å². The topological polar surface area (TPSA) is 49.4 Å². The van der Waals surface area contributed by atoms with Crippen molar-refractivity contribution in [1.29, 1.82) is 0 Å². The second-order valence-electron chi connectivity index (χ2n) is 2.91. The van der Waals surface area contributed by atoms with Gasteiger partial charge in [-0.3, -0.25) is 4.21 Å². The van der Waals surface area contributed by atoms with Gasteiger partial charge in [0.2, 0.25) is 0 Å². The molecule has 0 bridgehead atoms. The van der Waals surface area contributed by atoms with E-state index in [1.54, 1.807) is 12.1 Å². The zero-order chi connectivity index (χ0) is 10.4. The second kappa shape index (κ2) is 8.87. The summed E-state index contributed by atoms with van der Waals surface area (Å²) in [6.45, 7) is 2.77. The Hall–Kier alpha value is 0.766. The van der Waals surface area contributed by atoms with Crippen molar-refractivity contribution in [3.63, 3.8) is 0 Å². The van der Waals surface area contributed by atoms with Crippen molar-refractivity contribution in [2.75, 3.05) is 6.61 Å². The molecule has 0 radical (unpaired) electrons. The predicted octanol–water partition coefficient (Wildman–Crippen LogP) is -0.892. The summed E-state index contributed by atoms with van der Waals surface area (Å²) in [4.78, 5) is 0.285. The zero-order valence-electron chi connectivity index (χ0n) is 9.06. The van der Waals surface area contributed by atoms with Gasteiger partial charge in [-0.15, -0.1) is 0 Å². The monoisotopic (exact) mass is 252 g/mol. The molecule has 0 aliphatic carbocycles. The van der Waals surface area contributed by atoms with Crippen LogP contribution in [-0.2, 0) is 11.1 Å². The Morgan fingerprint density at radius 1 is 1.33 bits per heavy atom. The molecule has 0 fully saturated rings. The molecule has 0 aliphatic rings. The van der Waals surface area contributed by atoms with Crippen LogP contribution >= 0.6 is 0 Å². The average Bonchev–Trinajstić information content (AvgIpc) is 2.19. The van der Waals surface area contributed by atoms with E-state index in [0.717, 1.165) is 12.8 Å². The Morgan fingerprint density at radius 2 is 1.93 bits per heavy atom. The number of hydrogen-bond acceptors (Lipinski definition) is 3. The summed E-state index contributed by atoms with van der Waals surface area (Å²) < 4.78 is 26.4. The Morgan fingerprint density at radius 3 is 2.40 bits per heavy atom. The van der Waals surface area contributed by atoms with E-state index in [1.807, 2.05) is 0 Å². The Labute approximate surface area is 135 Å². The van der Waals surface area contributed by atoms with Gasteiger partial charge in [0.15, 0.2) is 0 Å². The van der Waals surface area contributed by atoms with Gasteiger partial charge in [-0.25, -0.2) is 0 Å². The maximum Gasteiger partial charge on any atom is 1.00 e. The minimum Gasteiger partial charge on any atom is -0.768 e. The smallest absolute Gasteiger partial charge is 0.768 e. The summed E-state index contributed by atoms with van der Waals surface area (Å²) in [7, 11) is 0. The van der Waals surface area contributed by atoms with Crippen molar-refractivity contribution in [2.45, 2.75) is 24.7 Å². The van der Waals surface area contributed by atoms with Crippen molar-refractivity contribution < 1.29 is 64.9 Å². The quantitative estimate of drug-likeness (QED) is 0.388. The number of unbranched alkanes of at least 4 members (excludes halogenated alkanes) is 1. The fraction of sp³-hybridized carbons (Fsp3) is 0.400. The first-order valence-corrected chi connectivity index (χ1v) is 5.63. The summed E-state index contributed by atoms with van der Waals surface area (Å²) >= 11 is -2.15. The second-order valence-corrected chi connectivity index (χ2v) is 3.85. The third-order valence-electron chi connectivity index (χ3n) is 1.78. The number of benzene rings is 1. The van der Waals surface area contributed by atoms with Crippen LogP contribution in [0.2, 0.25) is 0 Å². The minimum absolute atomic E-state index is 0. The molecule has 0 saturated heterocycles. The first kappa shape index (κ1) is 15.8. The van der Waals surface area contributed by atoms with Crippen molar-refractivity contribution in [3.8, 4) is 5.75 Å². The Bertz CT molecular complexity index is 300. The molecule has 1 rings (SSSR count). The van der Waals surface area contributed by atoms with Gasteiger partial charge in [0.05, 0.1) is 6.61 Å². The van der Waals surface area contributed by atoms with E-state index in [2.05, 4.69) is 6.92 Å². The van der Waals surface area contributed by atoms with Crippen LogP contribution in [0.3, 0.4) is 0 Å². The molecular formula is C10H13KO3S. The summed E-state index contributed by atoms with van der Waals surface area (Å²) in [6.07, 6.45) is 2.10. The summed E-state index contributed by atoms with van der Waals surface area (Å²) in [6, 6.07) is 6.40. The Balaban J connectivity index is 0.00000196. The van der Waals surface area contributed by atoms with E-state index in [1.165, 1.54) is 12.1 Å². The first-order valence-electron chi connectivity index (χ1n) is 4.56. The van der Waals surface area contributed by atoms with Crippen LogP contribution in [0.1, 0.15) is 19.8 Å². The van der Waals surface area contributed by atoms with E-state index < -0.39 is 11.1 Å². The molecule has 3 nitrogen and oxygen atoms in total. The van der Waals surface area contributed by atoms with E-state index >= 15 is 0 Å². The average molecular weight is 252 g/mol. The largest absolute Gasteiger partial charge is 1.00 e. The van der Waals surface area contributed by atoms with Crippen LogP contribution < -0.4 is 56.1 Å². The number of rotatable bonds is 5. The fourth-order valence-electron chi connectivity index (χ4n) is 0.981. The van der Waals surface area contributed by atoms with E-state index in [9.17, 15) is 8.76 Å². The van der Waals surface area contributed by atoms with Crippen LogP contribution in [-0.4, -0.2) is 15.4 Å². The molecule has 0 amide bonds. The maximum atomic E-state index is 10.5. The summed E-state index contributed by atoms with van der Waals surface area (Å²) in [5.41, 5.74) is 0. The van der Waals surface area contributed by atoms with Crippen LogP contribution in [0.4, 0.5) is 0 Å². The van der Waals surface area contributed by atoms with Gasteiger partial charge < -0.3 is 9.29 Å². The van der Waals surface area contributed by atoms with Gasteiger partial charge in [-0.1, -0.05) is 13.3 Å². The van der Waals surface area contributed by atoms with E-state index in [0.29, 0.717) is 12.4 Å². The fourth-order valence-corrected chi connectivity index (χ4v) is 1.34. The molecule has 0 saturated carbocycles. The molecular weight excluding hydrogens is 239 g/mol. The van der Waals surface area contributed by atoms with Crippen LogP contribution in [0.25, 0.3) is 0 Å². The summed E-state index contributed by atoms with van der Waals surface area (Å²) in [5.74, 6) is 0.715. The SMILES string of the molecule is CCCCOc1ccc(S(=O)[O-])cc1.[K+]. The van der Waals surface area contributed by atoms with Crippen LogP contribution in [0.15, 0.2) is 29.2 Å². The molecule has 78 valence electrons. The molecule has 1 aromatic rings. The molecule has 1 aromatic carbocycles. The molecule has 0 heterocycles. The normalized spacial score (nSPS) is 11.6. The molecule has 0 N–H and O–H groups in total. The van der Waals surface area contributed by atoms with Crippen molar-refractivity contribution in [1.82, 2.24) is 0 Å². The van der Waals surface area contributed by atoms with Crippen LogP contribution in [0.5, 0.6) is 5.75 Å². The standard InChI is InChI=1S/C10H14O3S.K/c1-2-3-8-13-9-4-6-10(7-5-9)14(11)12;/h4-7H,2-3,8H2,1H3,(H,11,12);/q;+1/p-1. The zero-order valence-corrected chi connectivity index (χ0v) is 13.0. The van der Waals surface area contributed by atoms with Crippen molar-refractivity contribution in [2.24, 2.45) is 0 Å². The molecule has 1 atom stereocenters. The minimum atomic E-state index is -2.15. The van der Waals surface area contributed by atoms with Crippen molar-refractivity contribution in [3.05, 3.63) is 24.3 Å². The van der Waals surface area contributed by atoms with Gasteiger partial charge in [-0.2, -0.15) is 0 Å². The van der Waals surface area contributed by atoms with Gasteiger partial charge in [0, 0.05) is 4.90 Å². The maximum absolute atomic E-state index is 10.5. The van der Waals surface area contributed by atoms with E-state index in [4.69, 9.17) is 4.74 Å². The number of ether oxygens (including phenoxy) is 1. The third kappa shape index (κ3) is 6.16. The molecule has 0 spiro atoms. The molecule has 0 aromatic heterocycles. The van der Waals surface area contributed by atoms with Crippen molar-refractivity contribution >= 4 is 11.1 Å². The van der Waals surface area contributed by atoms with Gasteiger partial charge in [0.1, 0.15) is 5.75 Å². The van der Waals surface area contributed by atoms with Gasteiger partial charge in [-0.05, 0) is 41.8 Å². The number of hydrogen-bond donors (Lipinski definition) is 0. The van der Waals surface area contributed by atoms with Crippen LogP contribution in [0, 0.1) is 0 Å². The Kier molecular flexibility index (Phi) is 9.32. The predicted molar refractivity (Wildman–Crippen MR) is 54.0 cm³/mol. The summed E-state index contributed by atoms with van der Waals surface area (Å²) in [5, 5.41) is 0. The molecule has 5 heteroatoms. The first-order chi connectivity index (χ1) is 6.74. The molecule has 15 heavy (non-hydrogen) atoms. The van der Waals surface area contributed by atoms with Gasteiger partial charge in [0.25, 0.3) is 0 Å². The molecule has 1 unspecified atom stereocenters.